The van der Waals surface area contributed by atoms with Gasteiger partial charge in [0.1, 0.15) is 5.82 Å². The second-order valence-electron chi connectivity index (χ2n) is 5.08. The largest absolute Gasteiger partial charge is 0.341 e. The third-order valence-electron chi connectivity index (χ3n) is 3.51. The molecule has 2 unspecified atom stereocenters. The van der Waals surface area contributed by atoms with Crippen molar-refractivity contribution < 1.29 is 9.18 Å². The molecule has 1 amide bonds. The van der Waals surface area contributed by atoms with E-state index in [9.17, 15) is 9.18 Å². The van der Waals surface area contributed by atoms with E-state index in [1.807, 2.05) is 18.7 Å². The Morgan fingerprint density at radius 2 is 2.05 bits per heavy atom. The molecule has 2 rings (SSSR count). The smallest absolute Gasteiger partial charge is 0.239 e. The van der Waals surface area contributed by atoms with E-state index in [1.165, 1.54) is 12.3 Å². The van der Waals surface area contributed by atoms with Crippen molar-refractivity contribution >= 4 is 5.91 Å². The van der Waals surface area contributed by atoms with Crippen LogP contribution in [-0.2, 0) is 4.79 Å². The summed E-state index contributed by atoms with van der Waals surface area (Å²) in [6.45, 7) is 5.45. The van der Waals surface area contributed by atoms with E-state index >= 15 is 0 Å². The lowest BCUT2D eigenvalue weighted by Crippen LogP contribution is -2.44. The molecular weight excluding hydrogens is 245 g/mol. The Morgan fingerprint density at radius 3 is 2.68 bits per heavy atom. The summed E-state index contributed by atoms with van der Waals surface area (Å²) in [4.78, 5) is 17.9. The summed E-state index contributed by atoms with van der Waals surface area (Å²) >= 11 is 0. The summed E-state index contributed by atoms with van der Waals surface area (Å²) in [5.41, 5.74) is 0.751. The van der Waals surface area contributed by atoms with Crippen LogP contribution in [0.25, 0.3) is 0 Å². The standard InChI is InChI=1S/C14H20FN3O/c1-10(12-7-13(15)9-16-8-12)17-11(2)14(19)18-5-3-4-6-18/h7-11,17H,3-6H2,1-2H3. The predicted molar refractivity (Wildman–Crippen MR) is 71.0 cm³/mol. The van der Waals surface area contributed by atoms with Gasteiger partial charge in [0.2, 0.25) is 5.91 Å². The fourth-order valence-electron chi connectivity index (χ4n) is 2.42. The molecule has 1 fully saturated rings. The van der Waals surface area contributed by atoms with Crippen molar-refractivity contribution in [2.45, 2.75) is 38.8 Å². The Morgan fingerprint density at radius 1 is 1.37 bits per heavy atom. The third-order valence-corrected chi connectivity index (χ3v) is 3.51. The molecule has 0 saturated carbocycles. The molecule has 19 heavy (non-hydrogen) atoms. The number of hydrogen-bond acceptors (Lipinski definition) is 3. The molecule has 2 heterocycles. The van der Waals surface area contributed by atoms with Gasteiger partial charge in [-0.15, -0.1) is 0 Å². The number of carbonyl (C=O) groups is 1. The molecular formula is C14H20FN3O. The van der Waals surface area contributed by atoms with Crippen LogP contribution in [0.15, 0.2) is 18.5 Å². The minimum atomic E-state index is -0.357. The zero-order chi connectivity index (χ0) is 13.8. The minimum Gasteiger partial charge on any atom is -0.341 e. The molecule has 0 spiro atoms. The van der Waals surface area contributed by atoms with E-state index in [2.05, 4.69) is 10.3 Å². The summed E-state index contributed by atoms with van der Waals surface area (Å²) < 4.78 is 13.1. The number of likely N-dealkylation sites (tertiary alicyclic amines) is 1. The van der Waals surface area contributed by atoms with Gasteiger partial charge in [0.05, 0.1) is 12.2 Å². The van der Waals surface area contributed by atoms with Gasteiger partial charge in [-0.2, -0.15) is 0 Å². The lowest BCUT2D eigenvalue weighted by atomic mass is 10.1. The molecule has 1 aliphatic heterocycles. The lowest BCUT2D eigenvalue weighted by Gasteiger charge is -2.24. The molecule has 0 radical (unpaired) electrons. The molecule has 2 atom stereocenters. The summed E-state index contributed by atoms with van der Waals surface area (Å²) in [5.74, 6) is -0.238. The average molecular weight is 265 g/mol. The van der Waals surface area contributed by atoms with E-state index in [1.54, 1.807) is 6.20 Å². The highest BCUT2D eigenvalue weighted by Crippen LogP contribution is 2.14. The van der Waals surface area contributed by atoms with Gasteiger partial charge in [-0.1, -0.05) is 0 Å². The van der Waals surface area contributed by atoms with Gasteiger partial charge < -0.3 is 4.90 Å². The Labute approximate surface area is 113 Å². The van der Waals surface area contributed by atoms with Gasteiger partial charge in [-0.3, -0.25) is 15.1 Å². The van der Waals surface area contributed by atoms with Gasteiger partial charge in [0.25, 0.3) is 0 Å². The maximum Gasteiger partial charge on any atom is 0.239 e. The van der Waals surface area contributed by atoms with Gasteiger partial charge in [-0.25, -0.2) is 4.39 Å². The zero-order valence-corrected chi connectivity index (χ0v) is 11.4. The lowest BCUT2D eigenvalue weighted by molar-refractivity contribution is -0.132. The molecule has 1 saturated heterocycles. The average Bonchev–Trinajstić information content (AvgIpc) is 2.91. The second-order valence-corrected chi connectivity index (χ2v) is 5.08. The van der Waals surface area contributed by atoms with Crippen molar-refractivity contribution in [3.05, 3.63) is 29.8 Å². The summed E-state index contributed by atoms with van der Waals surface area (Å²) in [7, 11) is 0. The molecule has 1 aliphatic rings. The van der Waals surface area contributed by atoms with E-state index in [0.717, 1.165) is 31.5 Å². The number of aromatic nitrogens is 1. The van der Waals surface area contributed by atoms with Crippen molar-refractivity contribution in [3.63, 3.8) is 0 Å². The number of nitrogens with zero attached hydrogens (tertiary/aromatic N) is 2. The number of hydrogen-bond donors (Lipinski definition) is 1. The van der Waals surface area contributed by atoms with Crippen LogP contribution >= 0.6 is 0 Å². The molecule has 0 aromatic carbocycles. The first-order valence-electron chi connectivity index (χ1n) is 6.73. The van der Waals surface area contributed by atoms with Crippen molar-refractivity contribution in [2.24, 2.45) is 0 Å². The molecule has 104 valence electrons. The maximum atomic E-state index is 13.1. The van der Waals surface area contributed by atoms with Crippen LogP contribution in [-0.4, -0.2) is 34.9 Å². The highest BCUT2D eigenvalue weighted by atomic mass is 19.1. The first kappa shape index (κ1) is 13.9. The molecule has 1 aromatic heterocycles. The Balaban J connectivity index is 1.94. The highest BCUT2D eigenvalue weighted by molar-refractivity contribution is 5.81. The summed E-state index contributed by atoms with van der Waals surface area (Å²) in [5, 5.41) is 3.20. The van der Waals surface area contributed by atoms with E-state index < -0.39 is 0 Å². The Hall–Kier alpha value is -1.49. The molecule has 1 N–H and O–H groups in total. The fourth-order valence-corrected chi connectivity index (χ4v) is 2.42. The van der Waals surface area contributed by atoms with Crippen LogP contribution in [0.4, 0.5) is 4.39 Å². The van der Waals surface area contributed by atoms with Crippen LogP contribution in [0, 0.1) is 5.82 Å². The van der Waals surface area contributed by atoms with Crippen molar-refractivity contribution in [1.82, 2.24) is 15.2 Å². The van der Waals surface area contributed by atoms with Crippen LogP contribution in [0.2, 0.25) is 0 Å². The van der Waals surface area contributed by atoms with Crippen LogP contribution in [0.1, 0.15) is 38.3 Å². The van der Waals surface area contributed by atoms with Gasteiger partial charge >= 0.3 is 0 Å². The van der Waals surface area contributed by atoms with Gasteiger partial charge in [0, 0.05) is 25.3 Å². The van der Waals surface area contributed by atoms with Crippen molar-refractivity contribution in [1.29, 1.82) is 0 Å². The molecule has 0 aliphatic carbocycles. The van der Waals surface area contributed by atoms with Crippen LogP contribution in [0.5, 0.6) is 0 Å². The number of pyridine rings is 1. The number of nitrogens with one attached hydrogen (secondary N) is 1. The predicted octanol–water partition coefficient (Wildman–Crippen LogP) is 1.88. The molecule has 4 nitrogen and oxygen atoms in total. The first-order chi connectivity index (χ1) is 9.08. The maximum absolute atomic E-state index is 13.1. The topological polar surface area (TPSA) is 45.2 Å². The first-order valence-corrected chi connectivity index (χ1v) is 6.73. The monoisotopic (exact) mass is 265 g/mol. The number of rotatable bonds is 4. The highest BCUT2D eigenvalue weighted by Gasteiger charge is 2.24. The zero-order valence-electron chi connectivity index (χ0n) is 11.4. The molecule has 5 heteroatoms. The Bertz CT molecular complexity index is 446. The quantitative estimate of drug-likeness (QED) is 0.904. The summed E-state index contributed by atoms with van der Waals surface area (Å²) in [6.07, 6.45) is 4.96. The normalized spacial score (nSPS) is 18.4. The molecule has 1 aromatic rings. The van der Waals surface area contributed by atoms with Gasteiger partial charge in [0.15, 0.2) is 0 Å². The minimum absolute atomic E-state index is 0.107. The SMILES string of the molecule is CC(NC(C)c1cncc(F)c1)C(=O)N1CCCC1. The molecule has 0 bridgehead atoms. The van der Waals surface area contributed by atoms with Crippen molar-refractivity contribution in [3.8, 4) is 0 Å². The van der Waals surface area contributed by atoms with Crippen LogP contribution in [0.3, 0.4) is 0 Å². The number of carbonyl (C=O) groups excluding carboxylic acids is 1. The second kappa shape index (κ2) is 6.10. The fraction of sp³-hybridized carbons (Fsp3) is 0.571. The van der Waals surface area contributed by atoms with E-state index in [0.29, 0.717) is 0 Å². The van der Waals surface area contributed by atoms with Crippen molar-refractivity contribution in [2.75, 3.05) is 13.1 Å². The van der Waals surface area contributed by atoms with E-state index in [4.69, 9.17) is 0 Å². The summed E-state index contributed by atoms with van der Waals surface area (Å²) in [6, 6.07) is 1.07. The van der Waals surface area contributed by atoms with Gasteiger partial charge in [-0.05, 0) is 38.3 Å². The third kappa shape index (κ3) is 3.50. The van der Waals surface area contributed by atoms with E-state index in [-0.39, 0.29) is 23.8 Å². The number of amides is 1. The Kier molecular flexibility index (Phi) is 4.47. The number of halogens is 1. The van der Waals surface area contributed by atoms with Crippen LogP contribution < -0.4 is 5.32 Å².